The molecule has 1 amide bonds. The van der Waals surface area contributed by atoms with Gasteiger partial charge < -0.3 is 28.7 Å². The van der Waals surface area contributed by atoms with Crippen LogP contribution < -0.4 is 10.2 Å². The number of hydrogen-bond acceptors (Lipinski definition) is 10. The molecule has 1 N–H and O–H groups in total. The summed E-state index contributed by atoms with van der Waals surface area (Å²) in [5.41, 5.74) is 4.09. The normalized spacial score (nSPS) is 21.3. The molecule has 2 saturated carbocycles. The number of carbonyl (C=O) groups is 2. The van der Waals surface area contributed by atoms with Crippen molar-refractivity contribution in [3.63, 3.8) is 0 Å². The van der Waals surface area contributed by atoms with Gasteiger partial charge in [-0.05, 0) is 89.3 Å². The van der Waals surface area contributed by atoms with Gasteiger partial charge in [-0.3, -0.25) is 18.7 Å². The van der Waals surface area contributed by atoms with Gasteiger partial charge in [-0.2, -0.15) is 0 Å². The summed E-state index contributed by atoms with van der Waals surface area (Å²) in [6.07, 6.45) is 4.03. The summed E-state index contributed by atoms with van der Waals surface area (Å²) in [5, 5.41) is 8.21. The van der Waals surface area contributed by atoms with Crippen molar-refractivity contribution in [2.24, 2.45) is 11.3 Å². The Hall–Kier alpha value is -2.92. The minimum absolute atomic E-state index is 0.0147. The highest BCUT2D eigenvalue weighted by Gasteiger charge is 2.46. The Morgan fingerprint density at radius 3 is 2.50 bits per heavy atom. The number of rotatable bonds is 14. The molecular formula is C36H43Cl2N3O8P. The molecule has 1 radical (unpaired) electrons. The average Bonchev–Trinajstić information content (AvgIpc) is 3.52. The molecule has 50 heavy (non-hydrogen) atoms. The number of aromatic nitrogens is 1. The number of aryl methyl sites for hydroxylation is 1. The highest BCUT2D eigenvalue weighted by atomic mass is 35.5. The summed E-state index contributed by atoms with van der Waals surface area (Å²) < 4.78 is 40.2. The second-order valence-corrected chi connectivity index (χ2v) is 17.3. The molecule has 2 aromatic carbocycles. The summed E-state index contributed by atoms with van der Waals surface area (Å²) in [5.74, 6) is 0.772. The van der Waals surface area contributed by atoms with Crippen molar-refractivity contribution in [1.29, 1.82) is 0 Å². The summed E-state index contributed by atoms with van der Waals surface area (Å²) in [6, 6.07) is 11.4. The molecule has 2 aliphatic carbocycles. The number of nitrogens with zero attached hydrogens (tertiary/aromatic N) is 2. The predicted molar refractivity (Wildman–Crippen MR) is 190 cm³/mol. The monoisotopic (exact) mass is 746 g/mol. The molecule has 2 bridgehead atoms. The van der Waals surface area contributed by atoms with Crippen LogP contribution in [-0.4, -0.2) is 55.2 Å². The van der Waals surface area contributed by atoms with E-state index in [0.29, 0.717) is 51.4 Å². The van der Waals surface area contributed by atoms with E-state index in [-0.39, 0.29) is 24.7 Å². The van der Waals surface area contributed by atoms with Crippen molar-refractivity contribution < 1.29 is 37.2 Å². The predicted octanol–water partition coefficient (Wildman–Crippen LogP) is 8.31. The van der Waals surface area contributed by atoms with Gasteiger partial charge in [0.05, 0.1) is 41.4 Å². The topological polar surface area (TPSA) is 129 Å². The summed E-state index contributed by atoms with van der Waals surface area (Å²) in [6.45, 7) is 7.80. The van der Waals surface area contributed by atoms with Crippen LogP contribution in [0.5, 0.6) is 0 Å². The highest BCUT2D eigenvalue weighted by molar-refractivity contribution is 7.53. The molecule has 2 heterocycles. The van der Waals surface area contributed by atoms with Gasteiger partial charge in [-0.15, -0.1) is 0 Å². The third kappa shape index (κ3) is 8.09. The van der Waals surface area contributed by atoms with Crippen LogP contribution in [0.15, 0.2) is 40.9 Å². The third-order valence-electron chi connectivity index (χ3n) is 9.57. The molecule has 3 aliphatic rings. The van der Waals surface area contributed by atoms with Crippen LogP contribution >= 0.6 is 30.8 Å². The Morgan fingerprint density at radius 2 is 1.88 bits per heavy atom. The Labute approximate surface area is 302 Å². The van der Waals surface area contributed by atoms with E-state index in [1.54, 1.807) is 39.0 Å². The van der Waals surface area contributed by atoms with Gasteiger partial charge >= 0.3 is 13.6 Å². The first-order chi connectivity index (χ1) is 23.8. The molecule has 1 unspecified atom stereocenters. The van der Waals surface area contributed by atoms with Crippen molar-refractivity contribution in [1.82, 2.24) is 10.5 Å². The Kier molecular flexibility index (Phi) is 11.0. The Bertz CT molecular complexity index is 1770. The van der Waals surface area contributed by atoms with E-state index in [2.05, 4.69) is 22.5 Å². The maximum atomic E-state index is 13.0. The molecule has 0 spiro atoms. The van der Waals surface area contributed by atoms with Crippen molar-refractivity contribution in [2.45, 2.75) is 78.0 Å². The van der Waals surface area contributed by atoms with Gasteiger partial charge in [0.1, 0.15) is 11.5 Å². The molecule has 3 aromatic rings. The number of fused-ring (bicyclic) bond motifs is 2. The van der Waals surface area contributed by atoms with Gasteiger partial charge in [-0.25, -0.2) is 0 Å². The third-order valence-corrected chi connectivity index (χ3v) is 11.9. The highest BCUT2D eigenvalue weighted by Crippen LogP contribution is 2.49. The summed E-state index contributed by atoms with van der Waals surface area (Å²) >= 11 is 13.1. The fraction of sp³-hybridized carbons (Fsp3) is 0.500. The van der Waals surface area contributed by atoms with Crippen molar-refractivity contribution in [3.8, 4) is 11.3 Å². The zero-order valence-electron chi connectivity index (χ0n) is 28.7. The van der Waals surface area contributed by atoms with E-state index in [4.69, 9.17) is 46.2 Å². The molecule has 11 nitrogen and oxygen atoms in total. The average molecular weight is 748 g/mol. The van der Waals surface area contributed by atoms with Crippen molar-refractivity contribution in [2.75, 3.05) is 30.9 Å². The van der Waals surface area contributed by atoms with Gasteiger partial charge in [0.15, 0.2) is 0 Å². The first kappa shape index (κ1) is 36.9. The van der Waals surface area contributed by atoms with Gasteiger partial charge in [0.2, 0.25) is 6.79 Å². The lowest BCUT2D eigenvalue weighted by atomic mass is 9.98. The van der Waals surface area contributed by atoms with E-state index in [9.17, 15) is 14.2 Å². The SMILES string of the molecule is [CH2]OP(=O)(CCNC(=O)c1ccc(N2C[C@@H]3C[C@H]2C[C@H]3OCc2c(-c3c(Cl)cccc3Cl)noc2C2CC2)c(C)c1)OCOC(=O)C(C)(C)C. The van der Waals surface area contributed by atoms with Crippen LogP contribution in [-0.2, 0) is 34.5 Å². The van der Waals surface area contributed by atoms with E-state index in [1.165, 1.54) is 0 Å². The van der Waals surface area contributed by atoms with Crippen LogP contribution in [0.3, 0.4) is 0 Å². The first-order valence-corrected chi connectivity index (χ1v) is 19.3. The number of ether oxygens (including phenoxy) is 2. The van der Waals surface area contributed by atoms with Crippen LogP contribution in [0, 0.1) is 25.4 Å². The zero-order valence-corrected chi connectivity index (χ0v) is 31.1. The first-order valence-electron chi connectivity index (χ1n) is 16.8. The molecule has 269 valence electrons. The fourth-order valence-corrected chi connectivity index (χ4v) is 8.22. The maximum Gasteiger partial charge on any atom is 0.335 e. The van der Waals surface area contributed by atoms with E-state index in [1.807, 2.05) is 25.1 Å². The molecule has 6 rings (SSSR count). The number of anilines is 1. The number of halogens is 2. The standard InChI is InChI=1S/C36H43Cl2N3O8P/c1-21-15-23(34(42)39-13-14-50(44,45-5)48-20-47-35(43)36(2,3)4)11-12-29(21)41-18-24-16-25(41)17-30(24)46-19-26-32(40-49-33(26)22-9-10-22)31-27(37)7-6-8-28(31)38/h6-8,11-12,15,22,24-25,30H,5,9-10,13-14,16-20H2,1-4H3,(H,39,42)/t24-,25-,30+,50?/m0/s1. The smallest absolute Gasteiger partial charge is 0.335 e. The maximum absolute atomic E-state index is 13.0. The number of nitrogens with one attached hydrogen (secondary N) is 1. The van der Waals surface area contributed by atoms with Crippen LogP contribution in [0.25, 0.3) is 11.3 Å². The summed E-state index contributed by atoms with van der Waals surface area (Å²) in [7, 11) is -0.457. The molecule has 1 aromatic heterocycles. The minimum Gasteiger partial charge on any atom is -0.438 e. The zero-order chi connectivity index (χ0) is 35.8. The number of piperidine rings is 1. The molecule has 14 heteroatoms. The molecule has 3 fully saturated rings. The number of hydrogen-bond donors (Lipinski definition) is 1. The lowest BCUT2D eigenvalue weighted by molar-refractivity contribution is -0.159. The van der Waals surface area contributed by atoms with Gasteiger partial charge in [0, 0.05) is 53.3 Å². The van der Waals surface area contributed by atoms with Crippen LogP contribution in [0.2, 0.25) is 10.0 Å². The fourth-order valence-electron chi connectivity index (χ4n) is 6.71. The van der Waals surface area contributed by atoms with E-state index in [0.717, 1.165) is 54.8 Å². The van der Waals surface area contributed by atoms with E-state index < -0.39 is 25.8 Å². The second-order valence-electron chi connectivity index (χ2n) is 14.3. The molecule has 4 atom stereocenters. The molecule has 1 saturated heterocycles. The number of carbonyl (C=O) groups excluding carboxylic acids is 2. The van der Waals surface area contributed by atoms with Crippen molar-refractivity contribution in [3.05, 3.63) is 76.0 Å². The second kappa shape index (κ2) is 15.0. The van der Waals surface area contributed by atoms with Gasteiger partial charge in [-0.1, -0.05) is 34.4 Å². The number of amides is 1. The van der Waals surface area contributed by atoms with Crippen LogP contribution in [0.1, 0.15) is 79.6 Å². The number of esters is 1. The quantitative estimate of drug-likeness (QED) is 0.0977. The Balaban J connectivity index is 1.02. The minimum atomic E-state index is -3.68. The van der Waals surface area contributed by atoms with Gasteiger partial charge in [0.25, 0.3) is 5.91 Å². The molecular weight excluding hydrogens is 704 g/mol. The lowest BCUT2D eigenvalue weighted by Crippen LogP contribution is -2.39. The summed E-state index contributed by atoms with van der Waals surface area (Å²) in [4.78, 5) is 27.3. The van der Waals surface area contributed by atoms with E-state index >= 15 is 0 Å². The van der Waals surface area contributed by atoms with Crippen LogP contribution in [0.4, 0.5) is 5.69 Å². The van der Waals surface area contributed by atoms with Crippen molar-refractivity contribution >= 4 is 48.4 Å². The Morgan fingerprint density at radius 1 is 1.14 bits per heavy atom. The largest absolute Gasteiger partial charge is 0.438 e. The molecule has 1 aliphatic heterocycles. The number of benzene rings is 2. The lowest BCUT2D eigenvalue weighted by Gasteiger charge is -2.34.